The molecule has 0 radical (unpaired) electrons. The Morgan fingerprint density at radius 2 is 1.83 bits per heavy atom. The van der Waals surface area contributed by atoms with Gasteiger partial charge in [0.25, 0.3) is 10.0 Å². The van der Waals surface area contributed by atoms with E-state index in [4.69, 9.17) is 11.6 Å². The Balaban J connectivity index is 2.16. The first-order chi connectivity index (χ1) is 11.0. The molecular formula is C13H14ClFN2O4S3. The van der Waals surface area contributed by atoms with E-state index in [1.54, 1.807) is 0 Å². The molecule has 0 saturated heterocycles. The summed E-state index contributed by atoms with van der Waals surface area (Å²) in [7, 11) is -4.63. The Morgan fingerprint density at radius 1 is 1.17 bits per heavy atom. The van der Waals surface area contributed by atoms with E-state index < -0.39 is 25.9 Å². The van der Waals surface area contributed by atoms with E-state index in [1.807, 2.05) is 0 Å². The molecule has 0 aliphatic carbocycles. The van der Waals surface area contributed by atoms with Crippen molar-refractivity contribution in [3.8, 4) is 0 Å². The second kappa shape index (κ2) is 7.06. The summed E-state index contributed by atoms with van der Waals surface area (Å²) in [5.41, 5.74) is 0. The van der Waals surface area contributed by atoms with Gasteiger partial charge in [-0.3, -0.25) is 0 Å². The van der Waals surface area contributed by atoms with E-state index in [2.05, 4.69) is 4.72 Å². The third-order valence-electron chi connectivity index (χ3n) is 3.01. The molecule has 1 N–H and O–H groups in total. The highest BCUT2D eigenvalue weighted by molar-refractivity contribution is 7.91. The maximum Gasteiger partial charge on any atom is 0.252 e. The third-order valence-corrected chi connectivity index (χ3v) is 8.07. The molecule has 0 atom stereocenters. The van der Waals surface area contributed by atoms with E-state index in [0.717, 1.165) is 33.8 Å². The lowest BCUT2D eigenvalue weighted by molar-refractivity contribution is 0.523. The minimum Gasteiger partial charge on any atom is -0.207 e. The topological polar surface area (TPSA) is 83.6 Å². The molecule has 6 nitrogen and oxygen atoms in total. The number of hydrogen-bond acceptors (Lipinski definition) is 5. The first-order valence-corrected chi connectivity index (χ1v) is 10.6. The summed E-state index contributed by atoms with van der Waals surface area (Å²) in [4.78, 5) is 0.346. The average molecular weight is 413 g/mol. The van der Waals surface area contributed by atoms with Gasteiger partial charge in [0.2, 0.25) is 10.0 Å². The van der Waals surface area contributed by atoms with Crippen molar-refractivity contribution in [3.05, 3.63) is 46.0 Å². The summed E-state index contributed by atoms with van der Waals surface area (Å²) in [6.07, 6.45) is 0. The van der Waals surface area contributed by atoms with Crippen LogP contribution < -0.4 is 4.72 Å². The Bertz CT molecular complexity index is 955. The smallest absolute Gasteiger partial charge is 0.207 e. The van der Waals surface area contributed by atoms with Crippen LogP contribution in [0.1, 0.15) is 4.88 Å². The molecule has 0 spiro atoms. The molecular weight excluding hydrogens is 399 g/mol. The minimum atomic E-state index is -3.89. The van der Waals surface area contributed by atoms with Crippen LogP contribution in [0.25, 0.3) is 0 Å². The van der Waals surface area contributed by atoms with Gasteiger partial charge in [0, 0.05) is 25.5 Å². The quantitative estimate of drug-likeness (QED) is 0.788. The van der Waals surface area contributed by atoms with E-state index >= 15 is 0 Å². The molecule has 0 saturated carbocycles. The maximum atomic E-state index is 13.1. The summed E-state index contributed by atoms with van der Waals surface area (Å²) in [5.74, 6) is -0.715. The molecule has 0 unspecified atom stereocenters. The van der Waals surface area contributed by atoms with Crippen LogP contribution >= 0.6 is 22.9 Å². The summed E-state index contributed by atoms with van der Waals surface area (Å²) < 4.78 is 64.9. The van der Waals surface area contributed by atoms with Gasteiger partial charge in [0.1, 0.15) is 10.0 Å². The number of thiophene rings is 1. The Kier molecular flexibility index (Phi) is 5.68. The van der Waals surface area contributed by atoms with Crippen molar-refractivity contribution in [2.75, 3.05) is 14.1 Å². The molecule has 0 amide bonds. The first kappa shape index (κ1) is 19.3. The average Bonchev–Trinajstić information content (AvgIpc) is 2.97. The lowest BCUT2D eigenvalue weighted by atomic mass is 10.3. The fourth-order valence-corrected chi connectivity index (χ4v) is 5.50. The Hall–Kier alpha value is -1.04. The van der Waals surface area contributed by atoms with E-state index in [1.165, 1.54) is 26.2 Å². The van der Waals surface area contributed by atoms with Crippen molar-refractivity contribution < 1.29 is 21.2 Å². The zero-order valence-electron chi connectivity index (χ0n) is 12.7. The zero-order chi connectivity index (χ0) is 18.1. The van der Waals surface area contributed by atoms with Crippen molar-refractivity contribution >= 4 is 43.0 Å². The van der Waals surface area contributed by atoms with Crippen molar-refractivity contribution in [3.63, 3.8) is 0 Å². The van der Waals surface area contributed by atoms with Gasteiger partial charge in [-0.25, -0.2) is 30.3 Å². The zero-order valence-corrected chi connectivity index (χ0v) is 15.9. The first-order valence-electron chi connectivity index (χ1n) is 6.50. The Labute approximate surface area is 149 Å². The third kappa shape index (κ3) is 4.13. The SMILES string of the molecule is CN(C)S(=O)(=O)c1ccc(CNS(=O)(=O)c2ccc(F)c(Cl)c2)s1. The van der Waals surface area contributed by atoms with E-state index in [9.17, 15) is 21.2 Å². The van der Waals surface area contributed by atoms with Gasteiger partial charge in [-0.15, -0.1) is 11.3 Å². The van der Waals surface area contributed by atoms with Gasteiger partial charge in [-0.1, -0.05) is 11.6 Å². The number of hydrogen-bond donors (Lipinski definition) is 1. The molecule has 1 aromatic carbocycles. The molecule has 0 aliphatic heterocycles. The highest BCUT2D eigenvalue weighted by Gasteiger charge is 2.21. The largest absolute Gasteiger partial charge is 0.252 e. The van der Waals surface area contributed by atoms with Gasteiger partial charge >= 0.3 is 0 Å². The predicted octanol–water partition coefficient (Wildman–Crippen LogP) is 2.27. The fourth-order valence-electron chi connectivity index (χ4n) is 1.67. The predicted molar refractivity (Wildman–Crippen MR) is 90.6 cm³/mol. The van der Waals surface area contributed by atoms with E-state index in [0.29, 0.717) is 4.88 Å². The summed E-state index contributed by atoms with van der Waals surface area (Å²) in [6, 6.07) is 6.01. The lowest BCUT2D eigenvalue weighted by Gasteiger charge is -2.08. The Morgan fingerprint density at radius 3 is 2.42 bits per heavy atom. The number of nitrogens with one attached hydrogen (secondary N) is 1. The second-order valence-corrected chi connectivity index (χ2v) is 10.6. The summed E-state index contributed by atoms with van der Waals surface area (Å²) in [6.45, 7) is -0.0923. The number of benzene rings is 1. The van der Waals surface area contributed by atoms with Crippen molar-refractivity contribution in [1.82, 2.24) is 9.03 Å². The summed E-state index contributed by atoms with van der Waals surface area (Å²) in [5, 5.41) is -0.298. The van der Waals surface area contributed by atoms with Crippen molar-refractivity contribution in [1.29, 1.82) is 0 Å². The molecule has 2 aromatic rings. The number of rotatable bonds is 6. The molecule has 11 heteroatoms. The normalized spacial score (nSPS) is 12.7. The fraction of sp³-hybridized carbons (Fsp3) is 0.231. The second-order valence-electron chi connectivity index (χ2n) is 4.91. The molecule has 0 bridgehead atoms. The van der Waals surface area contributed by atoms with Crippen LogP contribution in [0.2, 0.25) is 5.02 Å². The number of sulfonamides is 2. The maximum absolute atomic E-state index is 13.1. The van der Waals surface area contributed by atoms with Crippen LogP contribution in [0.5, 0.6) is 0 Å². The van der Waals surface area contributed by atoms with Crippen LogP contribution in [0.15, 0.2) is 39.4 Å². The van der Waals surface area contributed by atoms with Gasteiger partial charge in [-0.2, -0.15) is 0 Å². The van der Waals surface area contributed by atoms with Gasteiger partial charge in [0.05, 0.1) is 9.92 Å². The standard InChI is InChI=1S/C13H14ClFN2O4S3/c1-17(2)24(20,21)13-6-3-9(22-13)8-16-23(18,19)10-4-5-12(15)11(14)7-10/h3-7,16H,8H2,1-2H3. The van der Waals surface area contributed by atoms with E-state index in [-0.39, 0.29) is 20.7 Å². The van der Waals surface area contributed by atoms with Crippen LogP contribution in [0, 0.1) is 5.82 Å². The van der Waals surface area contributed by atoms with Gasteiger partial charge in [-0.05, 0) is 30.3 Å². The summed E-state index contributed by atoms with van der Waals surface area (Å²) >= 11 is 6.55. The minimum absolute atomic E-state index is 0.0923. The van der Waals surface area contributed by atoms with Crippen LogP contribution in [0.4, 0.5) is 4.39 Å². The number of halogens is 2. The highest BCUT2D eigenvalue weighted by atomic mass is 35.5. The lowest BCUT2D eigenvalue weighted by Crippen LogP contribution is -2.23. The molecule has 0 fully saturated rings. The van der Waals surface area contributed by atoms with Crippen molar-refractivity contribution in [2.24, 2.45) is 0 Å². The van der Waals surface area contributed by atoms with Crippen LogP contribution in [-0.4, -0.2) is 35.2 Å². The monoisotopic (exact) mass is 412 g/mol. The molecule has 24 heavy (non-hydrogen) atoms. The molecule has 1 aromatic heterocycles. The molecule has 1 heterocycles. The van der Waals surface area contributed by atoms with Crippen molar-refractivity contribution in [2.45, 2.75) is 15.6 Å². The number of nitrogens with zero attached hydrogens (tertiary/aromatic N) is 1. The van der Waals surface area contributed by atoms with Gasteiger partial charge in [0.15, 0.2) is 0 Å². The molecule has 132 valence electrons. The highest BCUT2D eigenvalue weighted by Crippen LogP contribution is 2.24. The van der Waals surface area contributed by atoms with Gasteiger partial charge < -0.3 is 0 Å². The van der Waals surface area contributed by atoms with Crippen LogP contribution in [0.3, 0.4) is 0 Å². The van der Waals surface area contributed by atoms with Crippen LogP contribution in [-0.2, 0) is 26.6 Å². The molecule has 0 aliphatic rings. The molecule has 2 rings (SSSR count).